The van der Waals surface area contributed by atoms with E-state index in [1.165, 1.54) is 25.3 Å². The van der Waals surface area contributed by atoms with Crippen LogP contribution in [0.1, 0.15) is 32.1 Å². The summed E-state index contributed by atoms with van der Waals surface area (Å²) in [6.45, 7) is 3.67. The molecule has 0 fully saturated rings. The zero-order valence-corrected chi connectivity index (χ0v) is 8.08. The molecule has 0 rings (SSSR count). The molecule has 0 aliphatic rings. The molecule has 0 heterocycles. The lowest BCUT2D eigenvalue weighted by molar-refractivity contribution is 0.696. The molecule has 13 heavy (non-hydrogen) atoms. The van der Waals surface area contributed by atoms with E-state index in [-0.39, 0.29) is 0 Å². The summed E-state index contributed by atoms with van der Waals surface area (Å²) in [7, 11) is 0. The monoisotopic (exact) mass is 175 g/mol. The van der Waals surface area contributed by atoms with Crippen LogP contribution in [-0.4, -0.2) is 0 Å². The summed E-state index contributed by atoms with van der Waals surface area (Å²) in [5.74, 6) is 0. The molecule has 0 amide bonds. The van der Waals surface area contributed by atoms with Crippen molar-refractivity contribution in [1.82, 2.24) is 0 Å². The highest BCUT2D eigenvalue weighted by atomic mass is 14.2. The summed E-state index contributed by atoms with van der Waals surface area (Å²) in [6.07, 6.45) is 15.2. The number of nitrogens with zero attached hydrogens (tertiary/aromatic N) is 1. The van der Waals surface area contributed by atoms with Crippen molar-refractivity contribution in [3.05, 3.63) is 37.0 Å². The Hall–Kier alpha value is -1.29. The van der Waals surface area contributed by atoms with E-state index in [0.29, 0.717) is 0 Å². The second kappa shape index (κ2) is 10.7. The maximum Gasteiger partial charge on any atom is 0.0912 e. The predicted octanol–water partition coefficient (Wildman–Crippen LogP) is 3.76. The maximum atomic E-state index is 8.19. The Balaban J connectivity index is 3.16. The average Bonchev–Trinajstić information content (AvgIpc) is 2.16. The van der Waals surface area contributed by atoms with Gasteiger partial charge in [-0.25, -0.2) is 0 Å². The average molecular weight is 175 g/mol. The van der Waals surface area contributed by atoms with Crippen LogP contribution in [0.4, 0.5) is 0 Å². The molecule has 0 aliphatic heterocycles. The van der Waals surface area contributed by atoms with E-state index >= 15 is 0 Å². The van der Waals surface area contributed by atoms with Gasteiger partial charge in [-0.2, -0.15) is 5.26 Å². The Morgan fingerprint density at radius 1 is 1.08 bits per heavy atom. The number of unbranched alkanes of at least 4 members (excludes halogenated alkanes) is 4. The van der Waals surface area contributed by atoms with E-state index in [1.807, 2.05) is 18.2 Å². The summed E-state index contributed by atoms with van der Waals surface area (Å²) in [5, 5.41) is 8.19. The molecule has 0 saturated heterocycles. The van der Waals surface area contributed by atoms with Gasteiger partial charge < -0.3 is 0 Å². The minimum Gasteiger partial charge on any atom is -0.193 e. The molecular formula is C12H17N. The third kappa shape index (κ3) is 10.7. The normalized spacial score (nSPS) is 10.7. The van der Waals surface area contributed by atoms with Crippen LogP contribution in [0.2, 0.25) is 0 Å². The Morgan fingerprint density at radius 2 is 1.85 bits per heavy atom. The van der Waals surface area contributed by atoms with Gasteiger partial charge in [0.2, 0.25) is 0 Å². The van der Waals surface area contributed by atoms with E-state index < -0.39 is 0 Å². The zero-order chi connectivity index (χ0) is 9.78. The first-order valence-corrected chi connectivity index (χ1v) is 4.74. The lowest BCUT2D eigenvalue weighted by Crippen LogP contribution is -1.73. The van der Waals surface area contributed by atoms with Gasteiger partial charge in [0.15, 0.2) is 0 Å². The van der Waals surface area contributed by atoms with Crippen molar-refractivity contribution >= 4 is 0 Å². The van der Waals surface area contributed by atoms with E-state index in [9.17, 15) is 0 Å². The maximum absolute atomic E-state index is 8.19. The topological polar surface area (TPSA) is 23.8 Å². The molecule has 70 valence electrons. The highest BCUT2D eigenvalue weighted by Crippen LogP contribution is 2.03. The van der Waals surface area contributed by atoms with Crippen molar-refractivity contribution in [1.29, 1.82) is 5.26 Å². The number of nitriles is 1. The molecule has 0 saturated carbocycles. The van der Waals surface area contributed by atoms with Gasteiger partial charge >= 0.3 is 0 Å². The van der Waals surface area contributed by atoms with Crippen molar-refractivity contribution < 1.29 is 0 Å². The van der Waals surface area contributed by atoms with Gasteiger partial charge in [0.05, 0.1) is 6.07 Å². The van der Waals surface area contributed by atoms with E-state index in [4.69, 9.17) is 5.26 Å². The Bertz CT molecular complexity index is 206. The minimum absolute atomic E-state index is 1.10. The van der Waals surface area contributed by atoms with Crippen LogP contribution in [-0.2, 0) is 0 Å². The van der Waals surface area contributed by atoms with Crippen molar-refractivity contribution in [2.24, 2.45) is 0 Å². The fraction of sp³-hybridized carbons (Fsp3) is 0.417. The third-order valence-corrected chi connectivity index (χ3v) is 1.70. The molecule has 0 aromatic rings. The predicted molar refractivity (Wildman–Crippen MR) is 57.2 cm³/mol. The summed E-state index contributed by atoms with van der Waals surface area (Å²) >= 11 is 0. The van der Waals surface area contributed by atoms with Gasteiger partial charge in [-0.05, 0) is 25.7 Å². The molecule has 1 heteroatoms. The molecule has 0 aromatic carbocycles. The molecule has 0 bridgehead atoms. The highest BCUT2D eigenvalue weighted by molar-refractivity contribution is 5.11. The number of hydrogen-bond donors (Lipinski definition) is 0. The fourth-order valence-corrected chi connectivity index (χ4v) is 1.00. The van der Waals surface area contributed by atoms with Crippen LogP contribution in [0.25, 0.3) is 0 Å². The quantitative estimate of drug-likeness (QED) is 0.250. The van der Waals surface area contributed by atoms with Crippen LogP contribution in [0.15, 0.2) is 37.0 Å². The van der Waals surface area contributed by atoms with Crippen LogP contribution in [0.5, 0.6) is 0 Å². The Labute approximate surface area is 81.1 Å². The van der Waals surface area contributed by atoms with Gasteiger partial charge in [-0.15, -0.1) is 6.58 Å². The highest BCUT2D eigenvalue weighted by Gasteiger charge is 1.83. The molecule has 1 nitrogen and oxygen atoms in total. The first-order chi connectivity index (χ1) is 6.41. The molecule has 0 N–H and O–H groups in total. The molecule has 0 aliphatic carbocycles. The fourth-order valence-electron chi connectivity index (χ4n) is 1.00. The standard InChI is InChI=1S/C12H17N/c1-2-3-4-5-6-7-8-9-10-11-12-13/h2,8-11H,1,3-7H2/b9-8+,11-10+. The molecule has 0 aromatic heterocycles. The van der Waals surface area contributed by atoms with Gasteiger partial charge in [0.25, 0.3) is 0 Å². The molecule has 0 spiro atoms. The first-order valence-electron chi connectivity index (χ1n) is 4.74. The largest absolute Gasteiger partial charge is 0.193 e. The van der Waals surface area contributed by atoms with Crippen molar-refractivity contribution in [2.75, 3.05) is 0 Å². The van der Waals surface area contributed by atoms with Crippen LogP contribution in [0.3, 0.4) is 0 Å². The lowest BCUT2D eigenvalue weighted by Gasteiger charge is -1.93. The Kier molecular flexibility index (Phi) is 9.65. The minimum atomic E-state index is 1.10. The summed E-state index contributed by atoms with van der Waals surface area (Å²) in [4.78, 5) is 0. The summed E-state index contributed by atoms with van der Waals surface area (Å²) in [6, 6.07) is 1.94. The SMILES string of the molecule is C=CCCCCC/C=C/C=C/C#N. The second-order valence-electron chi connectivity index (χ2n) is 2.84. The van der Waals surface area contributed by atoms with Crippen LogP contribution < -0.4 is 0 Å². The smallest absolute Gasteiger partial charge is 0.0912 e. The molecule has 0 atom stereocenters. The van der Waals surface area contributed by atoms with Gasteiger partial charge in [0.1, 0.15) is 0 Å². The molecule has 0 unspecified atom stereocenters. The molecular weight excluding hydrogens is 158 g/mol. The summed E-state index contributed by atoms with van der Waals surface area (Å²) in [5.41, 5.74) is 0. The van der Waals surface area contributed by atoms with Crippen molar-refractivity contribution in [3.63, 3.8) is 0 Å². The van der Waals surface area contributed by atoms with Crippen molar-refractivity contribution in [3.8, 4) is 6.07 Å². The van der Waals surface area contributed by atoms with Gasteiger partial charge in [-0.3, -0.25) is 0 Å². The third-order valence-electron chi connectivity index (χ3n) is 1.70. The van der Waals surface area contributed by atoms with Crippen LogP contribution in [0, 0.1) is 11.3 Å². The number of hydrogen-bond acceptors (Lipinski definition) is 1. The Morgan fingerprint density at radius 3 is 2.54 bits per heavy atom. The van der Waals surface area contributed by atoms with Gasteiger partial charge in [-0.1, -0.05) is 30.7 Å². The van der Waals surface area contributed by atoms with Crippen LogP contribution >= 0.6 is 0 Å². The molecule has 0 radical (unpaired) electrons. The second-order valence-corrected chi connectivity index (χ2v) is 2.84. The number of allylic oxidation sites excluding steroid dienone is 5. The zero-order valence-electron chi connectivity index (χ0n) is 8.08. The van der Waals surface area contributed by atoms with Crippen molar-refractivity contribution in [2.45, 2.75) is 32.1 Å². The lowest BCUT2D eigenvalue weighted by atomic mass is 10.1. The van der Waals surface area contributed by atoms with E-state index in [2.05, 4.69) is 12.7 Å². The first kappa shape index (κ1) is 11.7. The number of rotatable bonds is 7. The van der Waals surface area contributed by atoms with E-state index in [0.717, 1.165) is 12.8 Å². The summed E-state index contributed by atoms with van der Waals surface area (Å²) < 4.78 is 0. The van der Waals surface area contributed by atoms with E-state index in [1.54, 1.807) is 6.08 Å². The van der Waals surface area contributed by atoms with Gasteiger partial charge in [0, 0.05) is 6.08 Å².